The Balaban J connectivity index is 1.71. The van der Waals surface area contributed by atoms with Crippen LogP contribution in [0.4, 0.5) is 0 Å². The molecule has 0 heterocycles. The Morgan fingerprint density at radius 3 is 2.47 bits per heavy atom. The van der Waals surface area contributed by atoms with Gasteiger partial charge in [0.2, 0.25) is 5.78 Å². The van der Waals surface area contributed by atoms with E-state index in [1.165, 1.54) is 0 Å². The van der Waals surface area contributed by atoms with Crippen LogP contribution < -0.4 is 0 Å². The van der Waals surface area contributed by atoms with E-state index in [0.29, 0.717) is 38.5 Å². The van der Waals surface area contributed by atoms with Gasteiger partial charge in [-0.25, -0.2) is 0 Å². The van der Waals surface area contributed by atoms with Gasteiger partial charge in [-0.15, -0.1) is 0 Å². The van der Waals surface area contributed by atoms with Crippen molar-refractivity contribution < 1.29 is 38.9 Å². The number of carbonyl (C=O) groups is 4. The minimum Gasteiger partial charge on any atom is -0.461 e. The van der Waals surface area contributed by atoms with E-state index in [9.17, 15) is 29.4 Å². The third-order valence-corrected chi connectivity index (χ3v) is 10.4. The van der Waals surface area contributed by atoms with Crippen LogP contribution in [0, 0.1) is 28.6 Å². The maximum absolute atomic E-state index is 13.3. The van der Waals surface area contributed by atoms with Gasteiger partial charge in [0.1, 0.15) is 12.7 Å². The number of fused-ring (bicyclic) bond motifs is 5. The lowest BCUT2D eigenvalue weighted by Crippen LogP contribution is -2.65. The quantitative estimate of drug-likeness (QED) is 0.429. The van der Waals surface area contributed by atoms with Crippen molar-refractivity contribution in [3.05, 3.63) is 11.6 Å². The van der Waals surface area contributed by atoms with E-state index in [2.05, 4.69) is 0 Å². The number of Topliss-reactive ketones (excluding diaryl/α,β-unsaturated/α-hetero) is 1. The molecule has 0 aromatic carbocycles. The Bertz CT molecular complexity index is 1000. The smallest absolute Gasteiger partial charge is 0.306 e. The van der Waals surface area contributed by atoms with Crippen LogP contribution in [0.15, 0.2) is 11.6 Å². The zero-order valence-electron chi connectivity index (χ0n) is 23.3. The highest BCUT2D eigenvalue weighted by atomic mass is 16.6. The van der Waals surface area contributed by atoms with Gasteiger partial charge in [-0.1, -0.05) is 39.7 Å². The molecule has 3 saturated carbocycles. The third-order valence-electron chi connectivity index (χ3n) is 10.4. The van der Waals surface area contributed by atoms with Gasteiger partial charge in [-0.3, -0.25) is 19.2 Å². The highest BCUT2D eigenvalue weighted by molar-refractivity contribution is 5.93. The van der Waals surface area contributed by atoms with Gasteiger partial charge < -0.3 is 19.7 Å². The topological polar surface area (TPSA) is 127 Å². The predicted octanol–water partition coefficient (Wildman–Crippen LogP) is 3.84. The maximum Gasteiger partial charge on any atom is 0.306 e. The first kappa shape index (κ1) is 28.9. The summed E-state index contributed by atoms with van der Waals surface area (Å²) >= 11 is 0. The van der Waals surface area contributed by atoms with Crippen LogP contribution in [0.25, 0.3) is 0 Å². The number of ether oxygens (including phenoxy) is 2. The second kappa shape index (κ2) is 10.8. The lowest BCUT2D eigenvalue weighted by atomic mass is 9.44. The standard InChI is InChI=1S/C30H44O8/c1-5-7-9-25(35)37-24-15-19(32)14-18-10-11-20-21-12-13-30(23(34)17-31,38-26(36)8-6-2)28(21,3)16-22(33)27(20)29(18,24)4/h14,20-22,24,27,31,33H,5-13,15-17H2,1-4H3/t20-,21-,22-,24?,27+,28-,29+,30+/m0/s1. The van der Waals surface area contributed by atoms with Crippen molar-refractivity contribution in [3.63, 3.8) is 0 Å². The van der Waals surface area contributed by atoms with Gasteiger partial charge in [0.15, 0.2) is 11.4 Å². The molecule has 0 saturated heterocycles. The second-order valence-electron chi connectivity index (χ2n) is 12.4. The van der Waals surface area contributed by atoms with Crippen LogP contribution >= 0.6 is 0 Å². The minimum absolute atomic E-state index is 0.0193. The highest BCUT2D eigenvalue weighted by Crippen LogP contribution is 2.68. The summed E-state index contributed by atoms with van der Waals surface area (Å²) in [7, 11) is 0. The van der Waals surface area contributed by atoms with Gasteiger partial charge in [-0.05, 0) is 62.9 Å². The van der Waals surface area contributed by atoms with Gasteiger partial charge in [0.05, 0.1) is 6.10 Å². The van der Waals surface area contributed by atoms with Crippen LogP contribution in [0.3, 0.4) is 0 Å². The van der Waals surface area contributed by atoms with Crippen molar-refractivity contribution >= 4 is 23.5 Å². The molecule has 1 unspecified atom stereocenters. The summed E-state index contributed by atoms with van der Waals surface area (Å²) in [6, 6.07) is 0. The van der Waals surface area contributed by atoms with E-state index in [1.54, 1.807) is 6.08 Å². The average molecular weight is 533 g/mol. The number of aliphatic hydroxyl groups excluding tert-OH is 2. The first-order valence-corrected chi connectivity index (χ1v) is 14.5. The molecule has 3 fully saturated rings. The average Bonchev–Trinajstić information content (AvgIpc) is 3.15. The summed E-state index contributed by atoms with van der Waals surface area (Å²) in [5.41, 5.74) is -2.09. The van der Waals surface area contributed by atoms with E-state index in [0.717, 1.165) is 18.4 Å². The van der Waals surface area contributed by atoms with Crippen LogP contribution in [-0.2, 0) is 28.7 Å². The van der Waals surface area contributed by atoms with Gasteiger partial charge in [0.25, 0.3) is 0 Å². The fourth-order valence-corrected chi connectivity index (χ4v) is 8.65. The molecule has 4 aliphatic carbocycles. The van der Waals surface area contributed by atoms with Crippen molar-refractivity contribution in [2.45, 2.75) is 116 Å². The van der Waals surface area contributed by atoms with Crippen LogP contribution in [0.1, 0.15) is 98.3 Å². The number of carbonyl (C=O) groups excluding carboxylic acids is 4. The minimum atomic E-state index is -1.48. The Kier molecular flexibility index (Phi) is 8.25. The molecule has 8 atom stereocenters. The molecule has 0 bridgehead atoms. The van der Waals surface area contributed by atoms with E-state index in [-0.39, 0.29) is 48.8 Å². The molecule has 0 aromatic rings. The van der Waals surface area contributed by atoms with E-state index in [1.807, 2.05) is 27.7 Å². The van der Waals surface area contributed by atoms with Crippen molar-refractivity contribution in [1.29, 1.82) is 0 Å². The molecule has 0 spiro atoms. The van der Waals surface area contributed by atoms with E-state index in [4.69, 9.17) is 9.47 Å². The molecule has 0 aromatic heterocycles. The lowest BCUT2D eigenvalue weighted by Gasteiger charge is -2.61. The van der Waals surface area contributed by atoms with Crippen molar-refractivity contribution in [1.82, 2.24) is 0 Å². The van der Waals surface area contributed by atoms with Crippen molar-refractivity contribution in [2.75, 3.05) is 6.61 Å². The summed E-state index contributed by atoms with van der Waals surface area (Å²) < 4.78 is 11.9. The predicted molar refractivity (Wildman–Crippen MR) is 139 cm³/mol. The SMILES string of the molecule is CCCCC(=O)OC1CC(=O)C=C2CC[C@@H]3[C@H]([C@@H](O)C[C@@]4(C)[C@H]3CC[C@@]4(OC(=O)CCC)C(=O)CO)[C@]21C. The number of hydrogen-bond acceptors (Lipinski definition) is 8. The lowest BCUT2D eigenvalue weighted by molar-refractivity contribution is -0.209. The number of unbranched alkanes of at least 4 members (excludes halogenated alkanes) is 1. The first-order valence-electron chi connectivity index (χ1n) is 14.5. The molecule has 2 N–H and O–H groups in total. The molecular weight excluding hydrogens is 488 g/mol. The molecule has 4 aliphatic rings. The Hall–Kier alpha value is -2.06. The highest BCUT2D eigenvalue weighted by Gasteiger charge is 2.71. The maximum atomic E-state index is 13.3. The van der Waals surface area contributed by atoms with Gasteiger partial charge >= 0.3 is 11.9 Å². The summed E-state index contributed by atoms with van der Waals surface area (Å²) in [5, 5.41) is 21.8. The van der Waals surface area contributed by atoms with Crippen LogP contribution in [0.2, 0.25) is 0 Å². The summed E-state index contributed by atoms with van der Waals surface area (Å²) in [5.74, 6) is -1.67. The zero-order valence-corrected chi connectivity index (χ0v) is 23.3. The van der Waals surface area contributed by atoms with Crippen LogP contribution in [-0.4, -0.2) is 58.1 Å². The molecule has 0 radical (unpaired) electrons. The van der Waals surface area contributed by atoms with E-state index < -0.39 is 47.0 Å². The van der Waals surface area contributed by atoms with Crippen molar-refractivity contribution in [2.24, 2.45) is 28.6 Å². The molecule has 4 rings (SSSR count). The summed E-state index contributed by atoms with van der Waals surface area (Å²) in [6.45, 7) is 7.09. The monoisotopic (exact) mass is 532 g/mol. The molecule has 212 valence electrons. The first-order chi connectivity index (χ1) is 18.0. The fourth-order valence-electron chi connectivity index (χ4n) is 8.65. The number of ketones is 2. The Morgan fingerprint density at radius 2 is 1.82 bits per heavy atom. The van der Waals surface area contributed by atoms with Gasteiger partial charge in [-0.2, -0.15) is 0 Å². The second-order valence-corrected chi connectivity index (χ2v) is 12.4. The third kappa shape index (κ3) is 4.45. The number of rotatable bonds is 9. The molecule has 38 heavy (non-hydrogen) atoms. The van der Waals surface area contributed by atoms with Crippen LogP contribution in [0.5, 0.6) is 0 Å². The summed E-state index contributed by atoms with van der Waals surface area (Å²) in [4.78, 5) is 51.3. The Labute approximate surface area is 225 Å². The molecular formula is C30H44O8. The molecule has 0 amide bonds. The molecule has 0 aliphatic heterocycles. The molecule has 8 nitrogen and oxygen atoms in total. The summed E-state index contributed by atoms with van der Waals surface area (Å²) in [6.07, 6.45) is 5.42. The molecule has 8 heteroatoms. The fraction of sp³-hybridized carbons (Fsp3) is 0.800. The Morgan fingerprint density at radius 1 is 1.08 bits per heavy atom. The number of hydrogen-bond donors (Lipinski definition) is 2. The number of aliphatic hydroxyl groups is 2. The van der Waals surface area contributed by atoms with Crippen molar-refractivity contribution in [3.8, 4) is 0 Å². The van der Waals surface area contributed by atoms with Gasteiger partial charge in [0, 0.05) is 36.0 Å². The zero-order chi connectivity index (χ0) is 27.9. The largest absolute Gasteiger partial charge is 0.461 e. The number of esters is 2. The normalized spacial score (nSPS) is 39.9. The van der Waals surface area contributed by atoms with E-state index >= 15 is 0 Å².